The van der Waals surface area contributed by atoms with E-state index >= 15 is 0 Å². The summed E-state index contributed by atoms with van der Waals surface area (Å²) in [7, 11) is 2.11. The first-order chi connectivity index (χ1) is 8.06. The van der Waals surface area contributed by atoms with Crippen LogP contribution in [0.25, 0.3) is 0 Å². The zero-order valence-corrected chi connectivity index (χ0v) is 12.1. The molecule has 1 aliphatic carbocycles. The molecule has 1 saturated heterocycles. The topological polar surface area (TPSA) is 15.3 Å². The van der Waals surface area contributed by atoms with Crippen molar-refractivity contribution in [3.8, 4) is 0 Å². The normalized spacial score (nSPS) is 38.5. The molecule has 0 radical (unpaired) electrons. The molecule has 0 bridgehead atoms. The van der Waals surface area contributed by atoms with Crippen LogP contribution in [0.1, 0.15) is 52.9 Å². The van der Waals surface area contributed by atoms with Crippen molar-refractivity contribution in [2.75, 3.05) is 20.1 Å². The van der Waals surface area contributed by atoms with E-state index in [9.17, 15) is 0 Å². The first-order valence-electron chi connectivity index (χ1n) is 7.47. The minimum Gasteiger partial charge on any atom is -0.317 e. The molecule has 0 spiro atoms. The summed E-state index contributed by atoms with van der Waals surface area (Å²) in [5, 5.41) is 3.48. The second-order valence-corrected chi connectivity index (χ2v) is 6.77. The van der Waals surface area contributed by atoms with Gasteiger partial charge in [0.1, 0.15) is 0 Å². The molecule has 0 aromatic carbocycles. The van der Waals surface area contributed by atoms with Crippen molar-refractivity contribution >= 4 is 0 Å². The fourth-order valence-electron chi connectivity index (χ4n) is 3.95. The summed E-state index contributed by atoms with van der Waals surface area (Å²) >= 11 is 0. The van der Waals surface area contributed by atoms with Gasteiger partial charge >= 0.3 is 0 Å². The van der Waals surface area contributed by atoms with Gasteiger partial charge < -0.3 is 5.32 Å². The summed E-state index contributed by atoms with van der Waals surface area (Å²) in [4.78, 5) is 2.75. The average molecular weight is 238 g/mol. The Labute approximate surface area is 107 Å². The van der Waals surface area contributed by atoms with Crippen LogP contribution in [0.15, 0.2) is 0 Å². The Bertz CT molecular complexity index is 245. The zero-order valence-electron chi connectivity index (χ0n) is 12.1. The summed E-state index contributed by atoms with van der Waals surface area (Å²) in [6.45, 7) is 9.95. The van der Waals surface area contributed by atoms with Gasteiger partial charge in [-0.1, -0.05) is 26.7 Å². The van der Waals surface area contributed by atoms with Crippen molar-refractivity contribution in [1.29, 1.82) is 0 Å². The molecule has 2 nitrogen and oxygen atoms in total. The largest absolute Gasteiger partial charge is 0.317 e. The maximum atomic E-state index is 3.48. The lowest BCUT2D eigenvalue weighted by Crippen LogP contribution is -2.54. The second-order valence-electron chi connectivity index (χ2n) is 6.77. The summed E-state index contributed by atoms with van der Waals surface area (Å²) in [6, 6.07) is 1.45. The van der Waals surface area contributed by atoms with E-state index in [0.717, 1.165) is 18.0 Å². The lowest BCUT2D eigenvalue weighted by molar-refractivity contribution is 0.0503. The highest BCUT2D eigenvalue weighted by atomic mass is 15.2. The van der Waals surface area contributed by atoms with E-state index < -0.39 is 0 Å². The van der Waals surface area contributed by atoms with Crippen LogP contribution < -0.4 is 5.32 Å². The van der Waals surface area contributed by atoms with Gasteiger partial charge in [-0.3, -0.25) is 4.90 Å². The van der Waals surface area contributed by atoms with Gasteiger partial charge in [-0.2, -0.15) is 0 Å². The van der Waals surface area contributed by atoms with Crippen LogP contribution in [0.4, 0.5) is 0 Å². The smallest absolute Gasteiger partial charge is 0.0117 e. The molecule has 0 aromatic heterocycles. The van der Waals surface area contributed by atoms with Crippen molar-refractivity contribution in [3.63, 3.8) is 0 Å². The van der Waals surface area contributed by atoms with Gasteiger partial charge in [0.05, 0.1) is 0 Å². The third-order valence-corrected chi connectivity index (χ3v) is 5.47. The number of nitrogens with zero attached hydrogens (tertiary/aromatic N) is 1. The van der Waals surface area contributed by atoms with Crippen molar-refractivity contribution in [2.24, 2.45) is 11.3 Å². The molecule has 2 fully saturated rings. The molecule has 3 atom stereocenters. The molecule has 1 saturated carbocycles. The van der Waals surface area contributed by atoms with E-state index in [1.807, 2.05) is 0 Å². The van der Waals surface area contributed by atoms with E-state index in [2.05, 4.69) is 38.0 Å². The molecular weight excluding hydrogens is 208 g/mol. The number of piperidine rings is 1. The molecule has 100 valence electrons. The lowest BCUT2D eigenvalue weighted by Gasteiger charge is -2.45. The van der Waals surface area contributed by atoms with E-state index in [-0.39, 0.29) is 0 Å². The van der Waals surface area contributed by atoms with Gasteiger partial charge in [0, 0.05) is 18.6 Å². The molecule has 2 heteroatoms. The van der Waals surface area contributed by atoms with Gasteiger partial charge in [-0.25, -0.2) is 0 Å². The van der Waals surface area contributed by atoms with Crippen molar-refractivity contribution in [3.05, 3.63) is 0 Å². The predicted octanol–water partition coefficient (Wildman–Crippen LogP) is 2.89. The number of nitrogens with one attached hydrogen (secondary N) is 1. The van der Waals surface area contributed by atoms with Gasteiger partial charge in [0.15, 0.2) is 0 Å². The first kappa shape index (κ1) is 13.4. The molecule has 2 rings (SSSR count). The summed E-state index contributed by atoms with van der Waals surface area (Å²) in [5.41, 5.74) is 0.612. The van der Waals surface area contributed by atoms with Gasteiger partial charge in [-0.15, -0.1) is 0 Å². The monoisotopic (exact) mass is 238 g/mol. The van der Waals surface area contributed by atoms with E-state index in [0.29, 0.717) is 5.41 Å². The number of hydrogen-bond donors (Lipinski definition) is 1. The Morgan fingerprint density at radius 1 is 1.24 bits per heavy atom. The number of hydrogen-bond acceptors (Lipinski definition) is 2. The SMILES string of the molecule is CNC1CCN(CC2(C)CCCC2)C(C)C1C. The van der Waals surface area contributed by atoms with Crippen molar-refractivity contribution < 1.29 is 0 Å². The summed E-state index contributed by atoms with van der Waals surface area (Å²) in [6.07, 6.45) is 7.11. The van der Waals surface area contributed by atoms with Crippen LogP contribution >= 0.6 is 0 Å². The van der Waals surface area contributed by atoms with Crippen LogP contribution in [0, 0.1) is 11.3 Å². The fourth-order valence-corrected chi connectivity index (χ4v) is 3.95. The minimum absolute atomic E-state index is 0.612. The lowest BCUT2D eigenvalue weighted by atomic mass is 9.83. The maximum absolute atomic E-state index is 3.48. The third-order valence-electron chi connectivity index (χ3n) is 5.47. The van der Waals surface area contributed by atoms with Gasteiger partial charge in [0.2, 0.25) is 0 Å². The average Bonchev–Trinajstić information content (AvgIpc) is 2.72. The predicted molar refractivity (Wildman–Crippen MR) is 74.2 cm³/mol. The highest BCUT2D eigenvalue weighted by Crippen LogP contribution is 2.39. The molecular formula is C15H30N2. The molecule has 0 amide bonds. The molecule has 3 unspecified atom stereocenters. The standard InChI is InChI=1S/C15H30N2/c1-12-13(2)17(10-7-14(12)16-4)11-15(3)8-5-6-9-15/h12-14,16H,5-11H2,1-4H3. The quantitative estimate of drug-likeness (QED) is 0.813. The Kier molecular flexibility index (Phi) is 4.14. The van der Waals surface area contributed by atoms with Crippen LogP contribution in [0.5, 0.6) is 0 Å². The van der Waals surface area contributed by atoms with Crippen LogP contribution in [0.3, 0.4) is 0 Å². The molecule has 2 aliphatic rings. The van der Waals surface area contributed by atoms with Crippen molar-refractivity contribution in [2.45, 2.75) is 65.0 Å². The third kappa shape index (κ3) is 2.85. The number of rotatable bonds is 3. The van der Waals surface area contributed by atoms with E-state index in [1.54, 1.807) is 0 Å². The summed E-state index contributed by atoms with van der Waals surface area (Å²) in [5.74, 6) is 0.777. The Hall–Kier alpha value is -0.0800. The van der Waals surface area contributed by atoms with Gasteiger partial charge in [-0.05, 0) is 51.1 Å². The highest BCUT2D eigenvalue weighted by Gasteiger charge is 2.37. The minimum atomic E-state index is 0.612. The van der Waals surface area contributed by atoms with Crippen LogP contribution in [0.2, 0.25) is 0 Å². The van der Waals surface area contributed by atoms with Crippen LogP contribution in [-0.4, -0.2) is 37.1 Å². The van der Waals surface area contributed by atoms with Crippen molar-refractivity contribution in [1.82, 2.24) is 10.2 Å². The Balaban J connectivity index is 1.93. The van der Waals surface area contributed by atoms with Gasteiger partial charge in [0.25, 0.3) is 0 Å². The van der Waals surface area contributed by atoms with Crippen LogP contribution in [-0.2, 0) is 0 Å². The number of likely N-dealkylation sites (tertiary alicyclic amines) is 1. The molecule has 0 aromatic rings. The maximum Gasteiger partial charge on any atom is 0.0117 e. The Morgan fingerprint density at radius 2 is 1.88 bits per heavy atom. The Morgan fingerprint density at radius 3 is 2.47 bits per heavy atom. The molecule has 1 heterocycles. The first-order valence-corrected chi connectivity index (χ1v) is 7.47. The summed E-state index contributed by atoms with van der Waals surface area (Å²) < 4.78 is 0. The van der Waals surface area contributed by atoms with E-state index in [4.69, 9.17) is 0 Å². The zero-order chi connectivity index (χ0) is 12.5. The molecule has 1 N–H and O–H groups in total. The fraction of sp³-hybridized carbons (Fsp3) is 1.00. The molecule has 1 aliphatic heterocycles. The van der Waals surface area contributed by atoms with E-state index in [1.165, 1.54) is 45.2 Å². The second kappa shape index (κ2) is 5.27. The highest BCUT2D eigenvalue weighted by molar-refractivity contribution is 4.92. The molecule has 17 heavy (non-hydrogen) atoms.